The number of hydrogen-bond donors (Lipinski definition) is 1. The van der Waals surface area contributed by atoms with E-state index in [1.54, 1.807) is 35.3 Å². The summed E-state index contributed by atoms with van der Waals surface area (Å²) in [6.45, 7) is 0.472. The zero-order valence-electron chi connectivity index (χ0n) is 12.6. The van der Waals surface area contributed by atoms with Gasteiger partial charge in [-0.2, -0.15) is 0 Å². The molecular weight excluding hydrogens is 307 g/mol. The van der Waals surface area contributed by atoms with Crippen molar-refractivity contribution in [3.8, 4) is 17.0 Å². The molecule has 5 nitrogen and oxygen atoms in total. The van der Waals surface area contributed by atoms with Crippen LogP contribution < -0.4 is 0 Å². The lowest BCUT2D eigenvalue weighted by Crippen LogP contribution is -2.00. The summed E-state index contributed by atoms with van der Waals surface area (Å²) in [6, 6.07) is 13.6. The molecule has 0 atom stereocenters. The Morgan fingerprint density at radius 2 is 1.88 bits per heavy atom. The summed E-state index contributed by atoms with van der Waals surface area (Å²) < 4.78 is 14.6. The summed E-state index contributed by atoms with van der Waals surface area (Å²) in [5.74, 6) is -0.187. The SMILES string of the molecule is Oc1c(-c2cn(Cc3ccc(F)cc3)nn2)ccc2cccnc12. The maximum atomic E-state index is 13.0. The van der Waals surface area contributed by atoms with Gasteiger partial charge in [-0.15, -0.1) is 5.10 Å². The lowest BCUT2D eigenvalue weighted by molar-refractivity contribution is 0.482. The molecule has 4 rings (SSSR count). The third-order valence-corrected chi connectivity index (χ3v) is 3.82. The van der Waals surface area contributed by atoms with Crippen molar-refractivity contribution in [1.29, 1.82) is 0 Å². The Hall–Kier alpha value is -3.28. The summed E-state index contributed by atoms with van der Waals surface area (Å²) in [4.78, 5) is 4.21. The standard InChI is InChI=1S/C18H13FN4O/c19-14-6-3-12(4-7-14)10-23-11-16(21-22-23)15-8-5-13-2-1-9-20-17(13)18(15)24/h1-9,11,24H,10H2. The van der Waals surface area contributed by atoms with E-state index in [-0.39, 0.29) is 11.6 Å². The number of fused-ring (bicyclic) bond motifs is 1. The van der Waals surface area contributed by atoms with Gasteiger partial charge >= 0.3 is 0 Å². The second-order valence-electron chi connectivity index (χ2n) is 5.46. The monoisotopic (exact) mass is 320 g/mol. The van der Waals surface area contributed by atoms with E-state index in [0.29, 0.717) is 23.3 Å². The highest BCUT2D eigenvalue weighted by Crippen LogP contribution is 2.33. The van der Waals surface area contributed by atoms with Crippen LogP contribution >= 0.6 is 0 Å². The Kier molecular flexibility index (Phi) is 3.42. The molecule has 0 aliphatic carbocycles. The van der Waals surface area contributed by atoms with Crippen LogP contribution in [-0.2, 0) is 6.54 Å². The summed E-state index contributed by atoms with van der Waals surface area (Å²) in [5, 5.41) is 19.5. The molecule has 0 unspecified atom stereocenters. The van der Waals surface area contributed by atoms with Gasteiger partial charge in [-0.05, 0) is 29.8 Å². The van der Waals surface area contributed by atoms with Crippen molar-refractivity contribution >= 4 is 10.9 Å². The van der Waals surface area contributed by atoms with Crippen LogP contribution in [0.25, 0.3) is 22.2 Å². The van der Waals surface area contributed by atoms with Crippen molar-refractivity contribution in [2.24, 2.45) is 0 Å². The van der Waals surface area contributed by atoms with Crippen LogP contribution in [0.15, 0.2) is 60.9 Å². The fourth-order valence-corrected chi connectivity index (χ4v) is 2.61. The van der Waals surface area contributed by atoms with Gasteiger partial charge in [-0.1, -0.05) is 29.5 Å². The number of aromatic nitrogens is 4. The molecular formula is C18H13FN4O. The molecule has 0 saturated carbocycles. The van der Waals surface area contributed by atoms with Gasteiger partial charge in [0.25, 0.3) is 0 Å². The quantitative estimate of drug-likeness (QED) is 0.628. The Morgan fingerprint density at radius 3 is 2.71 bits per heavy atom. The van der Waals surface area contributed by atoms with Crippen LogP contribution in [-0.4, -0.2) is 25.1 Å². The van der Waals surface area contributed by atoms with Crippen LogP contribution in [0.3, 0.4) is 0 Å². The summed E-state index contributed by atoms with van der Waals surface area (Å²) in [7, 11) is 0. The van der Waals surface area contributed by atoms with Gasteiger partial charge in [0.1, 0.15) is 17.0 Å². The molecule has 0 bridgehead atoms. The minimum absolute atomic E-state index is 0.0851. The Bertz CT molecular complexity index is 1010. The average Bonchev–Trinajstić information content (AvgIpc) is 3.06. The first kappa shape index (κ1) is 14.3. The fraction of sp³-hybridized carbons (Fsp3) is 0.0556. The molecule has 0 aliphatic rings. The summed E-state index contributed by atoms with van der Waals surface area (Å²) in [5.41, 5.74) is 2.58. The minimum atomic E-state index is -0.272. The van der Waals surface area contributed by atoms with E-state index in [0.717, 1.165) is 10.9 Å². The van der Waals surface area contributed by atoms with Crippen molar-refractivity contribution in [2.75, 3.05) is 0 Å². The third-order valence-electron chi connectivity index (χ3n) is 3.82. The van der Waals surface area contributed by atoms with Crippen LogP contribution in [0.1, 0.15) is 5.56 Å². The maximum Gasteiger partial charge on any atom is 0.151 e. The van der Waals surface area contributed by atoms with E-state index in [1.807, 2.05) is 18.2 Å². The first-order valence-corrected chi connectivity index (χ1v) is 7.42. The number of aromatic hydroxyl groups is 1. The van der Waals surface area contributed by atoms with Gasteiger partial charge in [0.05, 0.1) is 12.7 Å². The topological polar surface area (TPSA) is 63.8 Å². The van der Waals surface area contributed by atoms with E-state index in [1.165, 1.54) is 12.1 Å². The molecule has 0 saturated heterocycles. The smallest absolute Gasteiger partial charge is 0.151 e. The Labute approximate surface area is 137 Å². The van der Waals surface area contributed by atoms with Crippen molar-refractivity contribution in [3.05, 3.63) is 72.3 Å². The average molecular weight is 320 g/mol. The van der Waals surface area contributed by atoms with Crippen LogP contribution in [0.5, 0.6) is 5.75 Å². The van der Waals surface area contributed by atoms with Crippen molar-refractivity contribution < 1.29 is 9.50 Å². The predicted octanol–water partition coefficient (Wildman–Crippen LogP) is 3.39. The van der Waals surface area contributed by atoms with E-state index >= 15 is 0 Å². The van der Waals surface area contributed by atoms with Crippen LogP contribution in [0.2, 0.25) is 0 Å². The van der Waals surface area contributed by atoms with Crippen molar-refractivity contribution in [2.45, 2.75) is 6.54 Å². The van der Waals surface area contributed by atoms with Crippen LogP contribution in [0, 0.1) is 5.82 Å². The second kappa shape index (κ2) is 5.73. The highest BCUT2D eigenvalue weighted by molar-refractivity contribution is 5.90. The number of benzene rings is 2. The number of halogens is 1. The highest BCUT2D eigenvalue weighted by atomic mass is 19.1. The first-order valence-electron chi connectivity index (χ1n) is 7.42. The molecule has 0 fully saturated rings. The molecule has 118 valence electrons. The number of hydrogen-bond acceptors (Lipinski definition) is 4. The van der Waals surface area contributed by atoms with E-state index in [2.05, 4.69) is 15.3 Å². The predicted molar refractivity (Wildman–Crippen MR) is 87.9 cm³/mol. The lowest BCUT2D eigenvalue weighted by Gasteiger charge is -2.04. The molecule has 0 radical (unpaired) electrons. The number of phenolic OH excluding ortho intramolecular Hbond substituents is 1. The van der Waals surface area contributed by atoms with Gasteiger partial charge < -0.3 is 5.11 Å². The first-order chi connectivity index (χ1) is 11.7. The molecule has 2 aromatic heterocycles. The van der Waals surface area contributed by atoms with E-state index in [4.69, 9.17) is 0 Å². The molecule has 2 aromatic carbocycles. The number of phenols is 1. The number of rotatable bonds is 3. The van der Waals surface area contributed by atoms with Crippen molar-refractivity contribution in [1.82, 2.24) is 20.0 Å². The molecule has 0 spiro atoms. The molecule has 6 heteroatoms. The zero-order valence-corrected chi connectivity index (χ0v) is 12.6. The Balaban J connectivity index is 1.67. The molecule has 1 N–H and O–H groups in total. The van der Waals surface area contributed by atoms with Gasteiger partial charge in [-0.25, -0.2) is 9.07 Å². The number of nitrogens with zero attached hydrogens (tertiary/aromatic N) is 4. The van der Waals surface area contributed by atoms with Crippen molar-refractivity contribution in [3.63, 3.8) is 0 Å². The highest BCUT2D eigenvalue weighted by Gasteiger charge is 2.12. The fourth-order valence-electron chi connectivity index (χ4n) is 2.61. The summed E-state index contributed by atoms with van der Waals surface area (Å²) in [6.07, 6.45) is 3.38. The second-order valence-corrected chi connectivity index (χ2v) is 5.46. The molecule has 2 heterocycles. The molecule has 4 aromatic rings. The zero-order chi connectivity index (χ0) is 16.5. The number of pyridine rings is 1. The van der Waals surface area contributed by atoms with Crippen LogP contribution in [0.4, 0.5) is 4.39 Å². The van der Waals surface area contributed by atoms with E-state index in [9.17, 15) is 9.50 Å². The Morgan fingerprint density at radius 1 is 1.04 bits per heavy atom. The molecule has 0 aliphatic heterocycles. The normalized spacial score (nSPS) is 11.0. The van der Waals surface area contributed by atoms with Gasteiger partial charge in [0, 0.05) is 17.1 Å². The van der Waals surface area contributed by atoms with E-state index < -0.39 is 0 Å². The lowest BCUT2D eigenvalue weighted by atomic mass is 10.1. The molecule has 24 heavy (non-hydrogen) atoms. The molecule has 0 amide bonds. The van der Waals surface area contributed by atoms with Gasteiger partial charge in [0.2, 0.25) is 0 Å². The van der Waals surface area contributed by atoms with Gasteiger partial charge in [0.15, 0.2) is 5.75 Å². The van der Waals surface area contributed by atoms with Gasteiger partial charge in [-0.3, -0.25) is 4.98 Å². The third kappa shape index (κ3) is 2.58. The largest absolute Gasteiger partial charge is 0.505 e. The minimum Gasteiger partial charge on any atom is -0.505 e. The summed E-state index contributed by atoms with van der Waals surface area (Å²) >= 11 is 0. The maximum absolute atomic E-state index is 13.0.